The number of rotatable bonds is 6. The predicted molar refractivity (Wildman–Crippen MR) is 61.5 cm³/mol. The Kier molecular flexibility index (Phi) is 8.67. The number of nitriles is 1. The normalized spacial score (nSPS) is 14.1. The summed E-state index contributed by atoms with van der Waals surface area (Å²) in [6, 6.07) is 2.03. The SMILES string of the molecule is COC(=O)COCSC(Br)C(Br)C#N. The van der Waals surface area contributed by atoms with Crippen molar-refractivity contribution in [3.05, 3.63) is 0 Å². The van der Waals surface area contributed by atoms with Crippen LogP contribution in [0.5, 0.6) is 0 Å². The van der Waals surface area contributed by atoms with Gasteiger partial charge in [0.15, 0.2) is 0 Å². The summed E-state index contributed by atoms with van der Waals surface area (Å²) >= 11 is 7.82. The maximum atomic E-state index is 10.6. The number of alkyl halides is 2. The van der Waals surface area contributed by atoms with Crippen LogP contribution in [0.4, 0.5) is 0 Å². The monoisotopic (exact) mass is 345 g/mol. The molecule has 0 saturated carbocycles. The minimum atomic E-state index is -0.410. The van der Waals surface area contributed by atoms with E-state index in [1.807, 2.05) is 6.07 Å². The summed E-state index contributed by atoms with van der Waals surface area (Å²) in [4.78, 5) is 10.3. The van der Waals surface area contributed by atoms with Crippen molar-refractivity contribution in [2.24, 2.45) is 0 Å². The summed E-state index contributed by atoms with van der Waals surface area (Å²) in [6.45, 7) is -0.0667. The third-order valence-corrected chi connectivity index (χ3v) is 5.12. The van der Waals surface area contributed by atoms with Gasteiger partial charge in [-0.15, -0.1) is 11.8 Å². The van der Waals surface area contributed by atoms with E-state index in [0.717, 1.165) is 0 Å². The van der Waals surface area contributed by atoms with Crippen LogP contribution in [0.3, 0.4) is 0 Å². The van der Waals surface area contributed by atoms with E-state index in [1.54, 1.807) is 0 Å². The molecule has 2 unspecified atom stereocenters. The van der Waals surface area contributed by atoms with Crippen LogP contribution in [0.15, 0.2) is 0 Å². The lowest BCUT2D eigenvalue weighted by Crippen LogP contribution is -2.12. The fourth-order valence-corrected chi connectivity index (χ4v) is 1.88. The zero-order valence-corrected chi connectivity index (χ0v) is 11.4. The Hall–Kier alpha value is 0.230. The Labute approximate surface area is 104 Å². The van der Waals surface area contributed by atoms with Crippen LogP contribution < -0.4 is 0 Å². The molecule has 0 aliphatic rings. The van der Waals surface area contributed by atoms with Crippen molar-refractivity contribution in [1.29, 1.82) is 5.26 Å². The zero-order chi connectivity index (χ0) is 11.0. The molecule has 0 bridgehead atoms. The molecule has 0 aromatic heterocycles. The Balaban J connectivity index is 3.46. The molecule has 0 N–H and O–H groups in total. The molecule has 4 nitrogen and oxygen atoms in total. The summed E-state index contributed by atoms with van der Waals surface area (Å²) in [5, 5.41) is 8.53. The highest BCUT2D eigenvalue weighted by Crippen LogP contribution is 2.25. The molecule has 14 heavy (non-hydrogen) atoms. The fourth-order valence-electron chi connectivity index (χ4n) is 0.440. The molecule has 7 heteroatoms. The molecule has 0 aromatic carbocycles. The second-order valence-electron chi connectivity index (χ2n) is 2.09. The van der Waals surface area contributed by atoms with E-state index in [2.05, 4.69) is 36.6 Å². The Morgan fingerprint density at radius 3 is 2.79 bits per heavy atom. The maximum absolute atomic E-state index is 10.6. The number of nitrogens with zero attached hydrogens (tertiary/aromatic N) is 1. The van der Waals surface area contributed by atoms with Crippen LogP contribution in [0, 0.1) is 11.3 Å². The number of carbonyl (C=O) groups is 1. The lowest BCUT2D eigenvalue weighted by atomic mass is 10.5. The van der Waals surface area contributed by atoms with E-state index < -0.39 is 5.97 Å². The van der Waals surface area contributed by atoms with Crippen LogP contribution in [-0.4, -0.2) is 34.6 Å². The van der Waals surface area contributed by atoms with Gasteiger partial charge in [-0.3, -0.25) is 0 Å². The summed E-state index contributed by atoms with van der Waals surface area (Å²) in [5.41, 5.74) is 0. The van der Waals surface area contributed by atoms with Crippen molar-refractivity contribution in [1.82, 2.24) is 0 Å². The second-order valence-corrected chi connectivity index (χ2v) is 5.75. The second kappa shape index (κ2) is 8.53. The van der Waals surface area contributed by atoms with E-state index in [9.17, 15) is 4.79 Å². The minimum absolute atomic E-state index is 0.0647. The number of carbonyl (C=O) groups excluding carboxylic acids is 1. The van der Waals surface area contributed by atoms with Crippen molar-refractivity contribution < 1.29 is 14.3 Å². The molecule has 80 valence electrons. The maximum Gasteiger partial charge on any atom is 0.331 e. The molecule has 0 saturated heterocycles. The molecule has 0 spiro atoms. The van der Waals surface area contributed by atoms with Gasteiger partial charge in [0.05, 0.1) is 23.3 Å². The average Bonchev–Trinajstić information content (AvgIpc) is 2.22. The molecular formula is C7H9Br2NO3S. The van der Waals surface area contributed by atoms with E-state index in [1.165, 1.54) is 18.9 Å². The van der Waals surface area contributed by atoms with Gasteiger partial charge in [0.2, 0.25) is 0 Å². The minimum Gasteiger partial charge on any atom is -0.467 e. The van der Waals surface area contributed by atoms with Gasteiger partial charge in [0, 0.05) is 0 Å². The van der Waals surface area contributed by atoms with Gasteiger partial charge in [-0.1, -0.05) is 31.9 Å². The number of thioether (sulfide) groups is 1. The van der Waals surface area contributed by atoms with Crippen molar-refractivity contribution in [3.8, 4) is 6.07 Å². The molecule has 0 radical (unpaired) electrons. The van der Waals surface area contributed by atoms with E-state index in [4.69, 9.17) is 10.00 Å². The molecule has 0 aliphatic carbocycles. The molecule has 0 fully saturated rings. The van der Waals surface area contributed by atoms with Crippen molar-refractivity contribution in [3.63, 3.8) is 0 Å². The summed E-state index contributed by atoms with van der Waals surface area (Å²) in [5.74, 6) is -0.0816. The van der Waals surface area contributed by atoms with Gasteiger partial charge >= 0.3 is 5.97 Å². The van der Waals surface area contributed by atoms with E-state index >= 15 is 0 Å². The first-order valence-corrected chi connectivity index (χ1v) is 6.43. The van der Waals surface area contributed by atoms with E-state index in [0.29, 0.717) is 5.94 Å². The number of ether oxygens (including phenoxy) is 2. The molecule has 0 aromatic rings. The largest absolute Gasteiger partial charge is 0.467 e. The van der Waals surface area contributed by atoms with Gasteiger partial charge in [-0.25, -0.2) is 4.79 Å². The summed E-state index contributed by atoms with van der Waals surface area (Å²) in [6.07, 6.45) is 0. The quantitative estimate of drug-likeness (QED) is 0.318. The first kappa shape index (κ1) is 14.2. The summed E-state index contributed by atoms with van der Waals surface area (Å²) in [7, 11) is 1.30. The third-order valence-electron chi connectivity index (χ3n) is 1.11. The smallest absolute Gasteiger partial charge is 0.331 e. The van der Waals surface area contributed by atoms with Crippen molar-refractivity contribution in [2.45, 2.75) is 8.99 Å². The molecular weight excluding hydrogens is 338 g/mol. The van der Waals surface area contributed by atoms with Gasteiger partial charge in [-0.05, 0) is 0 Å². The van der Waals surface area contributed by atoms with Crippen LogP contribution >= 0.6 is 43.6 Å². The Bertz CT molecular complexity index is 221. The first-order valence-electron chi connectivity index (χ1n) is 3.55. The number of halogens is 2. The lowest BCUT2D eigenvalue weighted by Gasteiger charge is -2.09. The zero-order valence-electron chi connectivity index (χ0n) is 7.41. The summed E-state index contributed by atoms with van der Waals surface area (Å²) < 4.78 is 9.29. The van der Waals surface area contributed by atoms with E-state index in [-0.39, 0.29) is 15.6 Å². The lowest BCUT2D eigenvalue weighted by molar-refractivity contribution is -0.145. The highest BCUT2D eigenvalue weighted by atomic mass is 79.9. The fraction of sp³-hybridized carbons (Fsp3) is 0.714. The molecule has 2 atom stereocenters. The first-order chi connectivity index (χ1) is 6.61. The predicted octanol–water partition coefficient (Wildman–Crippen LogP) is 1.87. The standard InChI is InChI=1S/C7H9Br2NO3S/c1-12-6(11)3-13-4-14-7(9)5(8)2-10/h5,7H,3-4H2,1H3. The number of esters is 1. The average molecular weight is 347 g/mol. The number of methoxy groups -OCH3 is 1. The molecule has 0 amide bonds. The van der Waals surface area contributed by atoms with Crippen LogP contribution in [0.1, 0.15) is 0 Å². The van der Waals surface area contributed by atoms with Crippen LogP contribution in [0.2, 0.25) is 0 Å². The Morgan fingerprint density at radius 2 is 2.29 bits per heavy atom. The van der Waals surface area contributed by atoms with Gasteiger partial charge in [0.1, 0.15) is 11.4 Å². The Morgan fingerprint density at radius 1 is 1.64 bits per heavy atom. The van der Waals surface area contributed by atoms with Crippen molar-refractivity contribution >= 4 is 49.6 Å². The van der Waals surface area contributed by atoms with Gasteiger partial charge in [0.25, 0.3) is 0 Å². The highest BCUT2D eigenvalue weighted by molar-refractivity contribution is 9.13. The molecule has 0 aliphatic heterocycles. The topological polar surface area (TPSA) is 59.3 Å². The van der Waals surface area contributed by atoms with Crippen molar-refractivity contribution in [2.75, 3.05) is 19.7 Å². The highest BCUT2D eigenvalue weighted by Gasteiger charge is 2.15. The number of hydrogen-bond acceptors (Lipinski definition) is 5. The molecule has 0 rings (SSSR count). The van der Waals surface area contributed by atoms with Crippen LogP contribution in [-0.2, 0) is 14.3 Å². The van der Waals surface area contributed by atoms with Crippen LogP contribution in [0.25, 0.3) is 0 Å². The molecule has 0 heterocycles. The van der Waals surface area contributed by atoms with Gasteiger partial charge < -0.3 is 9.47 Å². The number of hydrogen-bond donors (Lipinski definition) is 0. The van der Waals surface area contributed by atoms with Gasteiger partial charge in [-0.2, -0.15) is 5.26 Å². The third kappa shape index (κ3) is 6.65.